The Morgan fingerprint density at radius 2 is 1.79 bits per heavy atom. The molecule has 1 aliphatic heterocycles. The van der Waals surface area contributed by atoms with E-state index in [4.69, 9.17) is 11.6 Å². The molecule has 0 unspecified atom stereocenters. The van der Waals surface area contributed by atoms with Crippen LogP contribution in [0.1, 0.15) is 17.5 Å². The molecule has 0 saturated carbocycles. The van der Waals surface area contributed by atoms with E-state index in [9.17, 15) is 4.39 Å². The first kappa shape index (κ1) is 19.4. The normalized spacial score (nSPS) is 16.1. The molecule has 28 heavy (non-hydrogen) atoms. The molecular weight excluding hydrogens is 373 g/mol. The van der Waals surface area contributed by atoms with E-state index in [2.05, 4.69) is 45.8 Å². The standard InChI is InChI=1S/C23H27ClFN3/c1-26-12-14-27(15-13-26)11-5-6-18-16-28(23-10-3-2-7-19(18)23)17-20-21(24)8-4-9-22(20)25/h2-4,7-10,16H,5-6,11-15,17H2,1H3. The van der Waals surface area contributed by atoms with E-state index in [1.807, 2.05) is 6.07 Å². The third-order valence-electron chi connectivity index (χ3n) is 5.78. The van der Waals surface area contributed by atoms with E-state index >= 15 is 0 Å². The van der Waals surface area contributed by atoms with Gasteiger partial charge in [-0.05, 0) is 50.2 Å². The van der Waals surface area contributed by atoms with Crippen LogP contribution >= 0.6 is 11.6 Å². The largest absolute Gasteiger partial charge is 0.343 e. The maximum absolute atomic E-state index is 14.3. The van der Waals surface area contributed by atoms with Crippen molar-refractivity contribution in [3.63, 3.8) is 0 Å². The van der Waals surface area contributed by atoms with E-state index in [1.54, 1.807) is 12.1 Å². The van der Waals surface area contributed by atoms with Crippen molar-refractivity contribution in [2.24, 2.45) is 0 Å². The molecule has 1 saturated heterocycles. The minimum atomic E-state index is -0.248. The lowest BCUT2D eigenvalue weighted by molar-refractivity contribution is 0.153. The van der Waals surface area contributed by atoms with Crippen molar-refractivity contribution in [3.05, 3.63) is 70.6 Å². The molecule has 1 aliphatic rings. The van der Waals surface area contributed by atoms with Crippen molar-refractivity contribution in [1.82, 2.24) is 14.4 Å². The highest BCUT2D eigenvalue weighted by molar-refractivity contribution is 6.31. The SMILES string of the molecule is CN1CCN(CCCc2cn(Cc3c(F)cccc3Cl)c3ccccc23)CC1. The van der Waals surface area contributed by atoms with Crippen LogP contribution in [-0.4, -0.2) is 54.1 Å². The molecule has 0 radical (unpaired) electrons. The fourth-order valence-electron chi connectivity index (χ4n) is 4.07. The molecule has 0 bridgehead atoms. The van der Waals surface area contributed by atoms with Crippen LogP contribution in [0, 0.1) is 5.82 Å². The van der Waals surface area contributed by atoms with Crippen LogP contribution in [0.25, 0.3) is 10.9 Å². The van der Waals surface area contributed by atoms with Gasteiger partial charge in [0.25, 0.3) is 0 Å². The maximum atomic E-state index is 14.3. The number of likely N-dealkylation sites (N-methyl/N-ethyl adjacent to an activating group) is 1. The van der Waals surface area contributed by atoms with Crippen LogP contribution in [0.3, 0.4) is 0 Å². The molecule has 0 aliphatic carbocycles. The van der Waals surface area contributed by atoms with Crippen LogP contribution in [0.5, 0.6) is 0 Å². The molecule has 2 aromatic carbocycles. The average Bonchev–Trinajstić information content (AvgIpc) is 3.04. The summed E-state index contributed by atoms with van der Waals surface area (Å²) in [6, 6.07) is 13.3. The molecule has 0 N–H and O–H groups in total. The maximum Gasteiger partial charge on any atom is 0.129 e. The first-order valence-corrected chi connectivity index (χ1v) is 10.4. The predicted molar refractivity (Wildman–Crippen MR) is 115 cm³/mol. The van der Waals surface area contributed by atoms with Gasteiger partial charge in [-0.1, -0.05) is 35.9 Å². The number of aryl methyl sites for hydroxylation is 1. The Hall–Kier alpha value is -1.88. The quantitative estimate of drug-likeness (QED) is 0.597. The average molecular weight is 400 g/mol. The number of hydrogen-bond acceptors (Lipinski definition) is 2. The zero-order chi connectivity index (χ0) is 19.5. The smallest absolute Gasteiger partial charge is 0.129 e. The number of piperazine rings is 1. The van der Waals surface area contributed by atoms with Gasteiger partial charge in [0.1, 0.15) is 5.82 Å². The van der Waals surface area contributed by atoms with E-state index in [-0.39, 0.29) is 5.82 Å². The van der Waals surface area contributed by atoms with Crippen LogP contribution in [0.4, 0.5) is 4.39 Å². The van der Waals surface area contributed by atoms with Crippen LogP contribution < -0.4 is 0 Å². The highest BCUT2D eigenvalue weighted by Gasteiger charge is 2.15. The molecule has 0 atom stereocenters. The summed E-state index contributed by atoms with van der Waals surface area (Å²) in [6.45, 7) is 6.20. The molecule has 0 spiro atoms. The monoisotopic (exact) mass is 399 g/mol. The van der Waals surface area contributed by atoms with E-state index in [1.165, 1.54) is 17.0 Å². The molecule has 3 nitrogen and oxygen atoms in total. The topological polar surface area (TPSA) is 11.4 Å². The molecule has 0 amide bonds. The lowest BCUT2D eigenvalue weighted by Gasteiger charge is -2.32. The molecule has 1 aromatic heterocycles. The number of nitrogens with zero attached hydrogens (tertiary/aromatic N) is 3. The van der Waals surface area contributed by atoms with E-state index in [0.717, 1.165) is 51.1 Å². The number of para-hydroxylation sites is 1. The van der Waals surface area contributed by atoms with Crippen molar-refractivity contribution in [1.29, 1.82) is 0 Å². The number of benzene rings is 2. The van der Waals surface area contributed by atoms with Gasteiger partial charge in [0, 0.05) is 53.9 Å². The fraction of sp³-hybridized carbons (Fsp3) is 0.391. The van der Waals surface area contributed by atoms with Crippen molar-refractivity contribution >= 4 is 22.5 Å². The van der Waals surface area contributed by atoms with Gasteiger partial charge < -0.3 is 14.4 Å². The molecule has 1 fully saturated rings. The van der Waals surface area contributed by atoms with Gasteiger partial charge >= 0.3 is 0 Å². The van der Waals surface area contributed by atoms with Gasteiger partial charge in [-0.3, -0.25) is 0 Å². The van der Waals surface area contributed by atoms with Gasteiger partial charge in [-0.15, -0.1) is 0 Å². The summed E-state index contributed by atoms with van der Waals surface area (Å²) < 4.78 is 16.4. The number of hydrogen-bond donors (Lipinski definition) is 0. The van der Waals surface area contributed by atoms with Crippen LogP contribution in [-0.2, 0) is 13.0 Å². The lowest BCUT2D eigenvalue weighted by atomic mass is 10.1. The first-order chi connectivity index (χ1) is 13.6. The van der Waals surface area contributed by atoms with Crippen molar-refractivity contribution in [2.75, 3.05) is 39.8 Å². The fourth-order valence-corrected chi connectivity index (χ4v) is 4.29. The minimum Gasteiger partial charge on any atom is -0.343 e. The zero-order valence-electron chi connectivity index (χ0n) is 16.4. The molecule has 3 aromatic rings. The summed E-state index contributed by atoms with van der Waals surface area (Å²) in [6.07, 6.45) is 4.35. The molecule has 4 rings (SSSR count). The third-order valence-corrected chi connectivity index (χ3v) is 6.13. The Morgan fingerprint density at radius 3 is 2.57 bits per heavy atom. The Morgan fingerprint density at radius 1 is 1.00 bits per heavy atom. The zero-order valence-corrected chi connectivity index (χ0v) is 17.1. The Kier molecular flexibility index (Phi) is 6.00. The minimum absolute atomic E-state index is 0.248. The Balaban J connectivity index is 1.50. The number of fused-ring (bicyclic) bond motifs is 1. The first-order valence-electron chi connectivity index (χ1n) is 10.0. The number of aromatic nitrogens is 1. The molecule has 2 heterocycles. The van der Waals surface area contributed by atoms with Gasteiger partial charge in [0.2, 0.25) is 0 Å². The lowest BCUT2D eigenvalue weighted by Crippen LogP contribution is -2.44. The van der Waals surface area contributed by atoms with Crippen LogP contribution in [0.15, 0.2) is 48.7 Å². The summed E-state index contributed by atoms with van der Waals surface area (Å²) in [7, 11) is 2.19. The van der Waals surface area contributed by atoms with Crippen LogP contribution in [0.2, 0.25) is 5.02 Å². The summed E-state index contributed by atoms with van der Waals surface area (Å²) >= 11 is 6.25. The summed E-state index contributed by atoms with van der Waals surface area (Å²) in [5.41, 5.74) is 3.02. The van der Waals surface area contributed by atoms with Gasteiger partial charge in [-0.2, -0.15) is 0 Å². The second kappa shape index (κ2) is 8.64. The molecule has 148 valence electrons. The third kappa shape index (κ3) is 4.24. The second-order valence-electron chi connectivity index (χ2n) is 7.75. The number of halogens is 2. The summed E-state index contributed by atoms with van der Waals surface area (Å²) in [5.74, 6) is -0.248. The predicted octanol–water partition coefficient (Wildman–Crippen LogP) is 4.66. The van der Waals surface area contributed by atoms with E-state index in [0.29, 0.717) is 17.1 Å². The Labute approximate surface area is 171 Å². The van der Waals surface area contributed by atoms with Crippen molar-refractivity contribution in [3.8, 4) is 0 Å². The second-order valence-corrected chi connectivity index (χ2v) is 8.16. The summed E-state index contributed by atoms with van der Waals surface area (Å²) in [4.78, 5) is 4.94. The highest BCUT2D eigenvalue weighted by Crippen LogP contribution is 2.26. The van der Waals surface area contributed by atoms with Gasteiger partial charge in [0.05, 0.1) is 6.54 Å². The molecule has 5 heteroatoms. The number of rotatable bonds is 6. The highest BCUT2D eigenvalue weighted by atomic mass is 35.5. The summed E-state index contributed by atoms with van der Waals surface area (Å²) in [5, 5.41) is 1.74. The van der Waals surface area contributed by atoms with Crippen molar-refractivity contribution in [2.45, 2.75) is 19.4 Å². The molecular formula is C23H27ClFN3. The van der Waals surface area contributed by atoms with Gasteiger partial charge in [-0.25, -0.2) is 4.39 Å². The van der Waals surface area contributed by atoms with Gasteiger partial charge in [0.15, 0.2) is 0 Å². The Bertz CT molecular complexity index is 924. The van der Waals surface area contributed by atoms with Crippen molar-refractivity contribution < 1.29 is 4.39 Å². The van der Waals surface area contributed by atoms with E-state index < -0.39 is 0 Å².